The molecule has 0 fully saturated rings. The predicted molar refractivity (Wildman–Crippen MR) is 111 cm³/mol. The van der Waals surface area contributed by atoms with Crippen molar-refractivity contribution < 1.29 is 14.3 Å². The minimum Gasteiger partial charge on any atom is -0.452 e. The highest BCUT2D eigenvalue weighted by atomic mass is 16.5. The van der Waals surface area contributed by atoms with Gasteiger partial charge in [-0.15, -0.1) is 0 Å². The van der Waals surface area contributed by atoms with Gasteiger partial charge in [-0.05, 0) is 42.2 Å². The molecule has 0 aliphatic rings. The van der Waals surface area contributed by atoms with Gasteiger partial charge >= 0.3 is 5.97 Å². The van der Waals surface area contributed by atoms with Gasteiger partial charge in [-0.3, -0.25) is 9.78 Å². The van der Waals surface area contributed by atoms with Crippen LogP contribution in [0.1, 0.15) is 42.4 Å². The van der Waals surface area contributed by atoms with Gasteiger partial charge in [0.05, 0.1) is 11.1 Å². The Balaban J connectivity index is 1.64. The van der Waals surface area contributed by atoms with Crippen LogP contribution in [0.3, 0.4) is 0 Å². The normalized spacial score (nSPS) is 11.3. The number of hydrogen-bond donors (Lipinski definition) is 1. The average Bonchev–Trinajstić information content (AvgIpc) is 2.65. The Hall–Kier alpha value is -3.21. The second kappa shape index (κ2) is 7.80. The minimum atomic E-state index is -0.542. The summed E-state index contributed by atoms with van der Waals surface area (Å²) in [5.74, 6) is -0.924. The van der Waals surface area contributed by atoms with Crippen LogP contribution in [0.5, 0.6) is 0 Å². The molecule has 1 amide bonds. The number of aromatic nitrogens is 1. The quantitative estimate of drug-likeness (QED) is 0.674. The van der Waals surface area contributed by atoms with E-state index in [2.05, 4.69) is 31.1 Å². The molecule has 0 radical (unpaired) electrons. The number of rotatable bonds is 4. The van der Waals surface area contributed by atoms with E-state index < -0.39 is 5.97 Å². The predicted octanol–water partition coefficient (Wildman–Crippen LogP) is 4.64. The first-order valence-corrected chi connectivity index (χ1v) is 9.18. The van der Waals surface area contributed by atoms with Crippen molar-refractivity contribution in [1.82, 2.24) is 4.98 Å². The fourth-order valence-electron chi connectivity index (χ4n) is 2.94. The number of fused-ring (bicyclic) bond motifs is 1. The van der Waals surface area contributed by atoms with E-state index >= 15 is 0 Å². The highest BCUT2D eigenvalue weighted by Gasteiger charge is 2.16. The molecule has 0 bridgehead atoms. The molecule has 0 saturated carbocycles. The van der Waals surface area contributed by atoms with Crippen LogP contribution < -0.4 is 5.32 Å². The smallest absolute Gasteiger partial charge is 0.339 e. The number of carbonyl (C=O) groups excluding carboxylic acids is 2. The standard InChI is InChI=1S/C23H24N2O3/c1-15-13-19(18-7-5-6-8-20(18)24-15)22(27)28-14-21(26)25-17-11-9-16(10-12-17)23(2,3)4/h5-13H,14H2,1-4H3,(H,25,26). The highest BCUT2D eigenvalue weighted by molar-refractivity contribution is 6.04. The maximum absolute atomic E-state index is 12.5. The van der Waals surface area contributed by atoms with Crippen molar-refractivity contribution in [3.63, 3.8) is 0 Å². The second-order valence-corrected chi connectivity index (χ2v) is 7.78. The van der Waals surface area contributed by atoms with E-state index in [9.17, 15) is 9.59 Å². The lowest BCUT2D eigenvalue weighted by molar-refractivity contribution is -0.119. The van der Waals surface area contributed by atoms with E-state index in [0.717, 1.165) is 5.52 Å². The third-order valence-electron chi connectivity index (χ3n) is 4.43. The molecule has 3 aromatic rings. The monoisotopic (exact) mass is 376 g/mol. The Morgan fingerprint density at radius 2 is 1.71 bits per heavy atom. The summed E-state index contributed by atoms with van der Waals surface area (Å²) >= 11 is 0. The van der Waals surface area contributed by atoms with Crippen molar-refractivity contribution in [2.24, 2.45) is 0 Å². The van der Waals surface area contributed by atoms with Crippen molar-refractivity contribution in [3.8, 4) is 0 Å². The summed E-state index contributed by atoms with van der Waals surface area (Å²) in [7, 11) is 0. The van der Waals surface area contributed by atoms with Gasteiger partial charge in [0, 0.05) is 16.8 Å². The van der Waals surface area contributed by atoms with Crippen LogP contribution in [0.4, 0.5) is 5.69 Å². The number of ether oxygens (including phenoxy) is 1. The molecule has 0 atom stereocenters. The Kier molecular flexibility index (Phi) is 5.45. The van der Waals surface area contributed by atoms with E-state index in [1.807, 2.05) is 55.5 Å². The molecule has 0 spiro atoms. The molecule has 5 heteroatoms. The van der Waals surface area contributed by atoms with Crippen molar-refractivity contribution in [2.45, 2.75) is 33.1 Å². The highest BCUT2D eigenvalue weighted by Crippen LogP contribution is 2.23. The van der Waals surface area contributed by atoms with Crippen LogP contribution in [-0.2, 0) is 14.9 Å². The molecule has 0 aliphatic heterocycles. The number of aryl methyl sites for hydroxylation is 1. The summed E-state index contributed by atoms with van der Waals surface area (Å²) in [6.45, 7) is 7.85. The zero-order valence-corrected chi connectivity index (χ0v) is 16.6. The second-order valence-electron chi connectivity index (χ2n) is 7.78. The molecule has 1 N–H and O–H groups in total. The largest absolute Gasteiger partial charge is 0.452 e. The number of benzene rings is 2. The summed E-state index contributed by atoms with van der Waals surface area (Å²) in [6, 6.07) is 16.7. The number of carbonyl (C=O) groups is 2. The molecule has 3 rings (SSSR count). The number of nitrogens with zero attached hydrogens (tertiary/aromatic N) is 1. The maximum atomic E-state index is 12.5. The molecule has 0 aliphatic carbocycles. The van der Waals surface area contributed by atoms with Crippen LogP contribution in [0.25, 0.3) is 10.9 Å². The summed E-state index contributed by atoms with van der Waals surface area (Å²) in [4.78, 5) is 29.1. The van der Waals surface area contributed by atoms with Crippen molar-refractivity contribution in [1.29, 1.82) is 0 Å². The molecular formula is C23H24N2O3. The minimum absolute atomic E-state index is 0.0452. The first-order chi connectivity index (χ1) is 13.2. The van der Waals surface area contributed by atoms with Crippen LogP contribution >= 0.6 is 0 Å². The van der Waals surface area contributed by atoms with Gasteiger partial charge in [-0.1, -0.05) is 51.1 Å². The number of amides is 1. The van der Waals surface area contributed by atoms with Gasteiger partial charge in [0.1, 0.15) is 0 Å². The van der Waals surface area contributed by atoms with E-state index in [-0.39, 0.29) is 17.9 Å². The lowest BCUT2D eigenvalue weighted by atomic mass is 9.87. The molecule has 0 unspecified atom stereocenters. The number of pyridine rings is 1. The van der Waals surface area contributed by atoms with Gasteiger partial charge < -0.3 is 10.1 Å². The lowest BCUT2D eigenvalue weighted by Gasteiger charge is -2.19. The van der Waals surface area contributed by atoms with Crippen LogP contribution in [0.15, 0.2) is 54.6 Å². The number of nitrogens with one attached hydrogen (secondary N) is 1. The molecule has 144 valence electrons. The molecule has 28 heavy (non-hydrogen) atoms. The molecular weight excluding hydrogens is 352 g/mol. The van der Waals surface area contributed by atoms with Crippen LogP contribution in [0.2, 0.25) is 0 Å². The van der Waals surface area contributed by atoms with Crippen molar-refractivity contribution >= 4 is 28.5 Å². The van der Waals surface area contributed by atoms with E-state index in [0.29, 0.717) is 22.3 Å². The molecule has 2 aromatic carbocycles. The number of hydrogen-bond acceptors (Lipinski definition) is 4. The van der Waals surface area contributed by atoms with Crippen molar-refractivity contribution in [2.75, 3.05) is 11.9 Å². The SMILES string of the molecule is Cc1cc(C(=O)OCC(=O)Nc2ccc(C(C)(C)C)cc2)c2ccccc2n1. The van der Waals surface area contributed by atoms with Gasteiger partial charge in [-0.2, -0.15) is 0 Å². The Bertz CT molecular complexity index is 1020. The lowest BCUT2D eigenvalue weighted by Crippen LogP contribution is -2.21. The summed E-state index contributed by atoms with van der Waals surface area (Å²) in [5.41, 5.74) is 3.73. The molecule has 1 heterocycles. The molecule has 5 nitrogen and oxygen atoms in total. The first kappa shape index (κ1) is 19.5. The van der Waals surface area contributed by atoms with E-state index in [4.69, 9.17) is 4.74 Å². The van der Waals surface area contributed by atoms with E-state index in [1.54, 1.807) is 6.07 Å². The van der Waals surface area contributed by atoms with Gasteiger partial charge in [0.2, 0.25) is 0 Å². The number of anilines is 1. The average molecular weight is 376 g/mol. The van der Waals surface area contributed by atoms with Gasteiger partial charge in [0.15, 0.2) is 6.61 Å². The zero-order valence-electron chi connectivity index (χ0n) is 16.6. The van der Waals surface area contributed by atoms with E-state index in [1.165, 1.54) is 5.56 Å². The van der Waals surface area contributed by atoms with Gasteiger partial charge in [-0.25, -0.2) is 4.79 Å². The Morgan fingerprint density at radius 3 is 2.39 bits per heavy atom. The van der Waals surface area contributed by atoms with Crippen LogP contribution in [-0.4, -0.2) is 23.5 Å². The topological polar surface area (TPSA) is 68.3 Å². The molecule has 0 saturated heterocycles. The Labute approximate surface area is 164 Å². The van der Waals surface area contributed by atoms with Crippen molar-refractivity contribution in [3.05, 3.63) is 71.4 Å². The van der Waals surface area contributed by atoms with Gasteiger partial charge in [0.25, 0.3) is 5.91 Å². The fourth-order valence-corrected chi connectivity index (χ4v) is 2.94. The summed E-state index contributed by atoms with van der Waals surface area (Å²) in [5, 5.41) is 3.45. The third-order valence-corrected chi connectivity index (χ3v) is 4.43. The fraction of sp³-hybridized carbons (Fsp3) is 0.261. The number of esters is 1. The molecule has 1 aromatic heterocycles. The number of para-hydroxylation sites is 1. The zero-order chi connectivity index (χ0) is 20.3. The first-order valence-electron chi connectivity index (χ1n) is 9.18. The maximum Gasteiger partial charge on any atom is 0.339 e. The Morgan fingerprint density at radius 1 is 1.04 bits per heavy atom. The summed E-state index contributed by atoms with van der Waals surface area (Å²) in [6.07, 6.45) is 0. The summed E-state index contributed by atoms with van der Waals surface area (Å²) < 4.78 is 5.22. The van der Waals surface area contributed by atoms with Crippen LogP contribution in [0, 0.1) is 6.92 Å². The third kappa shape index (κ3) is 4.55.